The average molecular weight is 237 g/mol. The van der Waals surface area contributed by atoms with E-state index in [1.54, 1.807) is 4.68 Å². The molecular weight excluding hydrogens is 214 g/mol. The molecular formula is C12H23N5. The molecule has 0 spiro atoms. The van der Waals surface area contributed by atoms with E-state index in [1.165, 1.54) is 25.9 Å². The van der Waals surface area contributed by atoms with Gasteiger partial charge < -0.3 is 5.32 Å². The molecule has 0 aliphatic carbocycles. The molecule has 1 atom stereocenters. The highest BCUT2D eigenvalue weighted by Crippen LogP contribution is 2.17. The van der Waals surface area contributed by atoms with Crippen LogP contribution in [-0.4, -0.2) is 46.1 Å². The number of hydrogen-bond donors (Lipinski definition) is 1. The number of hydrogen-bond acceptors (Lipinski definition) is 4. The summed E-state index contributed by atoms with van der Waals surface area (Å²) in [5.74, 6) is 0.792. The predicted molar refractivity (Wildman–Crippen MR) is 67.5 cm³/mol. The Morgan fingerprint density at radius 1 is 1.53 bits per heavy atom. The largest absolute Gasteiger partial charge is 0.317 e. The molecule has 0 bridgehead atoms. The zero-order valence-corrected chi connectivity index (χ0v) is 10.9. The predicted octanol–water partition coefficient (Wildman–Crippen LogP) is 0.637. The Morgan fingerprint density at radius 2 is 2.41 bits per heavy atom. The molecule has 17 heavy (non-hydrogen) atoms. The fraction of sp³-hybridized carbons (Fsp3) is 0.833. The highest BCUT2D eigenvalue weighted by molar-refractivity contribution is 4.92. The van der Waals surface area contributed by atoms with Gasteiger partial charge in [0.15, 0.2) is 0 Å². The zero-order chi connectivity index (χ0) is 12.1. The topological polar surface area (TPSA) is 46.0 Å². The molecule has 1 unspecified atom stereocenters. The molecule has 1 fully saturated rings. The summed E-state index contributed by atoms with van der Waals surface area (Å²) in [7, 11) is 1.92. The van der Waals surface area contributed by atoms with Crippen molar-refractivity contribution in [3.8, 4) is 0 Å². The fourth-order valence-electron chi connectivity index (χ4n) is 2.51. The maximum atomic E-state index is 4.15. The second-order valence-electron chi connectivity index (χ2n) is 4.93. The minimum atomic E-state index is 0.792. The van der Waals surface area contributed by atoms with Gasteiger partial charge in [-0.15, -0.1) is 5.10 Å². The van der Waals surface area contributed by atoms with E-state index < -0.39 is 0 Å². The molecule has 0 radical (unpaired) electrons. The van der Waals surface area contributed by atoms with E-state index >= 15 is 0 Å². The summed E-state index contributed by atoms with van der Waals surface area (Å²) in [4.78, 5) is 2.50. The molecule has 1 N–H and O–H groups in total. The van der Waals surface area contributed by atoms with Gasteiger partial charge in [0, 0.05) is 26.3 Å². The molecule has 1 saturated heterocycles. The number of rotatable bonds is 5. The quantitative estimate of drug-likeness (QED) is 0.816. The van der Waals surface area contributed by atoms with Crippen molar-refractivity contribution in [2.24, 2.45) is 13.0 Å². The Labute approximate surface area is 103 Å². The number of nitrogens with zero attached hydrogens (tertiary/aromatic N) is 4. The summed E-state index contributed by atoms with van der Waals surface area (Å²) in [6.07, 6.45) is 4.66. The molecule has 5 heteroatoms. The van der Waals surface area contributed by atoms with E-state index in [1.807, 2.05) is 13.2 Å². The van der Waals surface area contributed by atoms with Crippen molar-refractivity contribution in [3.05, 3.63) is 11.9 Å². The van der Waals surface area contributed by atoms with Crippen LogP contribution in [0.2, 0.25) is 0 Å². The second kappa shape index (κ2) is 6.12. The van der Waals surface area contributed by atoms with E-state index in [2.05, 4.69) is 27.5 Å². The van der Waals surface area contributed by atoms with Crippen LogP contribution in [0.4, 0.5) is 0 Å². The van der Waals surface area contributed by atoms with Crippen LogP contribution in [0.3, 0.4) is 0 Å². The lowest BCUT2D eigenvalue weighted by molar-refractivity contribution is 0.164. The van der Waals surface area contributed by atoms with Crippen molar-refractivity contribution in [3.63, 3.8) is 0 Å². The van der Waals surface area contributed by atoms with Crippen LogP contribution in [0, 0.1) is 5.92 Å². The third-order valence-electron chi connectivity index (χ3n) is 3.32. The first-order chi connectivity index (χ1) is 8.28. The normalized spacial score (nSPS) is 21.9. The number of nitrogens with one attached hydrogen (secondary N) is 1. The molecule has 2 rings (SSSR count). The first-order valence-corrected chi connectivity index (χ1v) is 6.56. The standard InChI is InChI=1S/C12H23N5/c1-3-13-7-11-5-4-6-17(8-11)10-12-9-16(2)15-14-12/h9,11,13H,3-8,10H2,1-2H3. The van der Waals surface area contributed by atoms with Crippen molar-refractivity contribution in [1.82, 2.24) is 25.2 Å². The zero-order valence-electron chi connectivity index (χ0n) is 10.9. The Kier molecular flexibility index (Phi) is 4.50. The molecule has 5 nitrogen and oxygen atoms in total. The van der Waals surface area contributed by atoms with Crippen LogP contribution < -0.4 is 5.32 Å². The maximum absolute atomic E-state index is 4.15. The Hall–Kier alpha value is -0.940. The summed E-state index contributed by atoms with van der Waals surface area (Å²) < 4.78 is 1.77. The maximum Gasteiger partial charge on any atom is 0.0967 e. The first-order valence-electron chi connectivity index (χ1n) is 6.56. The van der Waals surface area contributed by atoms with Gasteiger partial charge in [0.05, 0.1) is 5.69 Å². The third kappa shape index (κ3) is 3.78. The van der Waals surface area contributed by atoms with E-state index in [9.17, 15) is 0 Å². The molecule has 96 valence electrons. The van der Waals surface area contributed by atoms with Crippen LogP contribution in [0.25, 0.3) is 0 Å². The molecule has 1 aliphatic rings. The lowest BCUT2D eigenvalue weighted by Crippen LogP contribution is -2.39. The Bertz CT molecular complexity index is 335. The fourth-order valence-corrected chi connectivity index (χ4v) is 2.51. The summed E-state index contributed by atoms with van der Waals surface area (Å²) in [6, 6.07) is 0. The summed E-state index contributed by atoms with van der Waals surface area (Å²) >= 11 is 0. The van der Waals surface area contributed by atoms with Gasteiger partial charge in [0.25, 0.3) is 0 Å². The van der Waals surface area contributed by atoms with E-state index in [0.29, 0.717) is 0 Å². The van der Waals surface area contributed by atoms with E-state index in [4.69, 9.17) is 0 Å². The average Bonchev–Trinajstić information content (AvgIpc) is 2.73. The van der Waals surface area contributed by atoms with E-state index in [0.717, 1.165) is 31.2 Å². The van der Waals surface area contributed by atoms with Gasteiger partial charge >= 0.3 is 0 Å². The Balaban J connectivity index is 1.80. The minimum absolute atomic E-state index is 0.792. The SMILES string of the molecule is CCNCC1CCCN(Cc2cn(C)nn2)C1. The van der Waals surface area contributed by atoms with Crippen molar-refractivity contribution in [1.29, 1.82) is 0 Å². The minimum Gasteiger partial charge on any atom is -0.317 e. The molecule has 1 aliphatic heterocycles. The highest BCUT2D eigenvalue weighted by Gasteiger charge is 2.20. The van der Waals surface area contributed by atoms with Crippen LogP contribution in [0.15, 0.2) is 6.20 Å². The third-order valence-corrected chi connectivity index (χ3v) is 3.32. The second-order valence-corrected chi connectivity index (χ2v) is 4.93. The molecule has 0 amide bonds. The van der Waals surface area contributed by atoms with Gasteiger partial charge in [-0.05, 0) is 38.4 Å². The highest BCUT2D eigenvalue weighted by atomic mass is 15.4. The van der Waals surface area contributed by atoms with Crippen molar-refractivity contribution in [2.75, 3.05) is 26.2 Å². The first kappa shape index (κ1) is 12.5. The van der Waals surface area contributed by atoms with Gasteiger partial charge in [0.2, 0.25) is 0 Å². The van der Waals surface area contributed by atoms with Crippen LogP contribution in [0.1, 0.15) is 25.5 Å². The van der Waals surface area contributed by atoms with Gasteiger partial charge in [-0.3, -0.25) is 9.58 Å². The smallest absolute Gasteiger partial charge is 0.0967 e. The molecule has 1 aromatic heterocycles. The molecule has 0 aromatic carbocycles. The summed E-state index contributed by atoms with van der Waals surface area (Å²) in [5, 5.41) is 11.6. The number of piperidine rings is 1. The van der Waals surface area contributed by atoms with E-state index in [-0.39, 0.29) is 0 Å². The molecule has 2 heterocycles. The lowest BCUT2D eigenvalue weighted by atomic mass is 9.98. The van der Waals surface area contributed by atoms with Crippen LogP contribution in [-0.2, 0) is 13.6 Å². The summed E-state index contributed by atoms with van der Waals surface area (Å²) in [6.45, 7) is 7.70. The molecule has 1 aromatic rings. The Morgan fingerprint density at radius 3 is 3.12 bits per heavy atom. The monoisotopic (exact) mass is 237 g/mol. The van der Waals surface area contributed by atoms with Gasteiger partial charge in [-0.25, -0.2) is 0 Å². The number of likely N-dealkylation sites (tertiary alicyclic amines) is 1. The summed E-state index contributed by atoms with van der Waals surface area (Å²) in [5.41, 5.74) is 1.08. The van der Waals surface area contributed by atoms with Crippen molar-refractivity contribution >= 4 is 0 Å². The number of aryl methyl sites for hydroxylation is 1. The van der Waals surface area contributed by atoms with Crippen molar-refractivity contribution < 1.29 is 0 Å². The van der Waals surface area contributed by atoms with Gasteiger partial charge in [-0.2, -0.15) is 0 Å². The van der Waals surface area contributed by atoms with Gasteiger partial charge in [0.1, 0.15) is 0 Å². The molecule has 0 saturated carbocycles. The van der Waals surface area contributed by atoms with Crippen LogP contribution >= 0.6 is 0 Å². The number of aromatic nitrogens is 3. The lowest BCUT2D eigenvalue weighted by Gasteiger charge is -2.32. The van der Waals surface area contributed by atoms with Crippen molar-refractivity contribution in [2.45, 2.75) is 26.3 Å². The van der Waals surface area contributed by atoms with Gasteiger partial charge in [-0.1, -0.05) is 12.1 Å². The van der Waals surface area contributed by atoms with Crippen LogP contribution in [0.5, 0.6) is 0 Å².